The van der Waals surface area contributed by atoms with Gasteiger partial charge in [0.25, 0.3) is 0 Å². The smallest absolute Gasteiger partial charge is 0.0950 e. The van der Waals surface area contributed by atoms with E-state index in [-0.39, 0.29) is 0 Å². The lowest BCUT2D eigenvalue weighted by molar-refractivity contribution is 0.108. The molecule has 2 aliphatic carbocycles. The molecule has 1 N–H and O–H groups in total. The average Bonchev–Trinajstić information content (AvgIpc) is 2.96. The molecule has 1 saturated heterocycles. The van der Waals surface area contributed by atoms with Crippen LogP contribution in [0, 0.1) is 0 Å². The first-order valence-electron chi connectivity index (χ1n) is 8.63. The van der Waals surface area contributed by atoms with E-state index in [9.17, 15) is 0 Å². The Morgan fingerprint density at radius 2 is 1.95 bits per heavy atom. The van der Waals surface area contributed by atoms with Crippen molar-refractivity contribution < 1.29 is 0 Å². The Hall–Kier alpha value is -0.830. The van der Waals surface area contributed by atoms with Crippen LogP contribution < -0.4 is 5.32 Å². The molecule has 3 fully saturated rings. The van der Waals surface area contributed by atoms with Gasteiger partial charge in [-0.1, -0.05) is 19.3 Å². The monoisotopic (exact) mass is 273 g/mol. The molecule has 4 rings (SSSR count). The quantitative estimate of drug-likeness (QED) is 0.888. The van der Waals surface area contributed by atoms with Crippen molar-refractivity contribution in [1.29, 1.82) is 0 Å². The molecule has 1 aromatic heterocycles. The minimum absolute atomic E-state index is 0.483. The van der Waals surface area contributed by atoms with Crippen molar-refractivity contribution in [3.63, 3.8) is 0 Å². The summed E-state index contributed by atoms with van der Waals surface area (Å²) >= 11 is 0. The molecule has 2 saturated carbocycles. The molecule has 1 atom stereocenters. The third kappa shape index (κ3) is 2.20. The van der Waals surface area contributed by atoms with Crippen LogP contribution in [0.1, 0.15) is 81.9 Å². The van der Waals surface area contributed by atoms with E-state index < -0.39 is 0 Å². The number of hydrogen-bond donors (Lipinski definition) is 1. The van der Waals surface area contributed by atoms with E-state index in [4.69, 9.17) is 0 Å². The van der Waals surface area contributed by atoms with E-state index in [0.717, 1.165) is 5.92 Å². The summed E-state index contributed by atoms with van der Waals surface area (Å²) < 4.78 is 2.55. The number of aromatic nitrogens is 2. The molecule has 1 aromatic rings. The third-order valence-electron chi connectivity index (χ3n) is 6.03. The summed E-state index contributed by atoms with van der Waals surface area (Å²) in [6.07, 6.45) is 18.1. The number of imidazole rings is 1. The second-order valence-electron chi connectivity index (χ2n) is 7.27. The molecule has 2 heterocycles. The van der Waals surface area contributed by atoms with Crippen LogP contribution in [0.2, 0.25) is 0 Å². The molecule has 1 spiro atoms. The van der Waals surface area contributed by atoms with Gasteiger partial charge in [0.15, 0.2) is 0 Å². The molecule has 110 valence electrons. The predicted octanol–water partition coefficient (Wildman–Crippen LogP) is 3.78. The van der Waals surface area contributed by atoms with Crippen molar-refractivity contribution in [3.05, 3.63) is 18.2 Å². The van der Waals surface area contributed by atoms with Crippen molar-refractivity contribution in [2.24, 2.45) is 0 Å². The molecular formula is C17H27N3. The van der Waals surface area contributed by atoms with Crippen LogP contribution in [-0.2, 0) is 0 Å². The van der Waals surface area contributed by atoms with Gasteiger partial charge in [-0.15, -0.1) is 0 Å². The summed E-state index contributed by atoms with van der Waals surface area (Å²) in [4.78, 5) is 4.51. The molecule has 1 unspecified atom stereocenters. The zero-order valence-corrected chi connectivity index (χ0v) is 12.5. The zero-order valence-electron chi connectivity index (χ0n) is 12.5. The van der Waals surface area contributed by atoms with Crippen LogP contribution in [0.15, 0.2) is 12.5 Å². The average molecular weight is 273 g/mol. The van der Waals surface area contributed by atoms with Gasteiger partial charge >= 0.3 is 0 Å². The fourth-order valence-electron chi connectivity index (χ4n) is 4.69. The van der Waals surface area contributed by atoms with Crippen LogP contribution in [0.3, 0.4) is 0 Å². The van der Waals surface area contributed by atoms with Gasteiger partial charge in [0.05, 0.1) is 6.33 Å². The van der Waals surface area contributed by atoms with Crippen LogP contribution in [0.25, 0.3) is 0 Å². The van der Waals surface area contributed by atoms with Crippen LogP contribution in [0.4, 0.5) is 0 Å². The Kier molecular flexibility index (Phi) is 3.33. The Morgan fingerprint density at radius 1 is 1.10 bits per heavy atom. The molecule has 0 aromatic carbocycles. The Morgan fingerprint density at radius 3 is 2.70 bits per heavy atom. The molecule has 0 amide bonds. The lowest BCUT2D eigenvalue weighted by atomic mass is 9.70. The molecule has 20 heavy (non-hydrogen) atoms. The summed E-state index contributed by atoms with van der Waals surface area (Å²) in [5.41, 5.74) is 2.02. The maximum atomic E-state index is 4.51. The van der Waals surface area contributed by atoms with Crippen molar-refractivity contribution in [1.82, 2.24) is 14.9 Å². The van der Waals surface area contributed by atoms with Crippen molar-refractivity contribution >= 4 is 0 Å². The van der Waals surface area contributed by atoms with Gasteiger partial charge in [0.1, 0.15) is 0 Å². The normalized spacial score (nSPS) is 30.3. The SMILES string of the molecule is c1ncn(C2CCNC3(CCC3)C2)c1C1CCCCC1. The second kappa shape index (κ2) is 5.18. The minimum atomic E-state index is 0.483. The van der Waals surface area contributed by atoms with Crippen LogP contribution in [0.5, 0.6) is 0 Å². The van der Waals surface area contributed by atoms with Gasteiger partial charge in [0, 0.05) is 29.4 Å². The van der Waals surface area contributed by atoms with E-state index >= 15 is 0 Å². The molecule has 0 radical (unpaired) electrons. The number of nitrogens with zero attached hydrogens (tertiary/aromatic N) is 2. The van der Waals surface area contributed by atoms with E-state index in [1.165, 1.54) is 76.4 Å². The third-order valence-corrected chi connectivity index (χ3v) is 6.03. The van der Waals surface area contributed by atoms with E-state index in [1.807, 2.05) is 0 Å². The molecule has 1 aliphatic heterocycles. The largest absolute Gasteiger partial charge is 0.331 e. The topological polar surface area (TPSA) is 29.9 Å². The maximum absolute atomic E-state index is 4.51. The Labute approximate surface area is 122 Å². The summed E-state index contributed by atoms with van der Waals surface area (Å²) in [6.45, 7) is 1.19. The fraction of sp³-hybridized carbons (Fsp3) is 0.824. The molecule has 0 bridgehead atoms. The molecule has 3 nitrogen and oxygen atoms in total. The van der Waals surface area contributed by atoms with E-state index in [1.54, 1.807) is 0 Å². The Bertz CT molecular complexity index is 455. The summed E-state index contributed by atoms with van der Waals surface area (Å²) in [5.74, 6) is 0.776. The number of rotatable bonds is 2. The first-order chi connectivity index (χ1) is 9.86. The molecular weight excluding hydrogens is 246 g/mol. The summed E-state index contributed by atoms with van der Waals surface area (Å²) in [6, 6.07) is 0.691. The lowest BCUT2D eigenvalue weighted by Crippen LogP contribution is -2.55. The summed E-state index contributed by atoms with van der Waals surface area (Å²) in [5, 5.41) is 3.79. The van der Waals surface area contributed by atoms with Crippen molar-refractivity contribution in [2.45, 2.75) is 81.7 Å². The predicted molar refractivity (Wildman–Crippen MR) is 80.9 cm³/mol. The van der Waals surface area contributed by atoms with E-state index in [0.29, 0.717) is 11.6 Å². The van der Waals surface area contributed by atoms with Gasteiger partial charge in [-0.25, -0.2) is 4.98 Å². The van der Waals surface area contributed by atoms with Gasteiger partial charge < -0.3 is 9.88 Å². The standard InChI is InChI=1S/C17H27N3/c1-2-5-14(6-3-1)16-12-18-13-20(16)15-7-10-19-17(11-15)8-4-9-17/h12-15,19H,1-11H2. The number of piperidine rings is 1. The highest BCUT2D eigenvalue weighted by Gasteiger charge is 2.41. The lowest BCUT2D eigenvalue weighted by Gasteiger charge is -2.49. The van der Waals surface area contributed by atoms with Gasteiger partial charge in [-0.3, -0.25) is 0 Å². The molecule has 3 heteroatoms. The van der Waals surface area contributed by atoms with Gasteiger partial charge in [0.2, 0.25) is 0 Å². The number of nitrogens with one attached hydrogen (secondary N) is 1. The van der Waals surface area contributed by atoms with E-state index in [2.05, 4.69) is 27.4 Å². The minimum Gasteiger partial charge on any atom is -0.331 e. The fourth-order valence-corrected chi connectivity index (χ4v) is 4.69. The number of hydrogen-bond acceptors (Lipinski definition) is 2. The summed E-state index contributed by atoms with van der Waals surface area (Å²) in [7, 11) is 0. The van der Waals surface area contributed by atoms with Crippen LogP contribution >= 0.6 is 0 Å². The van der Waals surface area contributed by atoms with Crippen LogP contribution in [-0.4, -0.2) is 21.6 Å². The van der Waals surface area contributed by atoms with Crippen molar-refractivity contribution in [3.8, 4) is 0 Å². The van der Waals surface area contributed by atoms with Gasteiger partial charge in [-0.2, -0.15) is 0 Å². The zero-order chi connectivity index (χ0) is 13.4. The Balaban J connectivity index is 1.54. The maximum Gasteiger partial charge on any atom is 0.0950 e. The first kappa shape index (κ1) is 12.9. The highest BCUT2D eigenvalue weighted by Crippen LogP contribution is 2.43. The second-order valence-corrected chi connectivity index (χ2v) is 7.27. The highest BCUT2D eigenvalue weighted by atomic mass is 15.1. The first-order valence-corrected chi connectivity index (χ1v) is 8.63. The highest BCUT2D eigenvalue weighted by molar-refractivity contribution is 5.11. The molecule has 3 aliphatic rings. The van der Waals surface area contributed by atoms with Crippen molar-refractivity contribution in [2.75, 3.05) is 6.54 Å². The van der Waals surface area contributed by atoms with Gasteiger partial charge in [-0.05, 0) is 51.5 Å².